The lowest BCUT2D eigenvalue weighted by Crippen LogP contribution is -2.46. The fourth-order valence-electron chi connectivity index (χ4n) is 2.35. The van der Waals surface area contributed by atoms with E-state index >= 15 is 0 Å². The Labute approximate surface area is 197 Å². The molecule has 0 radical (unpaired) electrons. The number of Topliss-reactive ketones (excluding diaryl/α,β-unsaturated/α-hetero) is 1. The zero-order chi connectivity index (χ0) is 27.3. The van der Waals surface area contributed by atoms with E-state index in [-0.39, 0.29) is 24.5 Å². The molecule has 15 heteroatoms. The first-order valence-corrected chi connectivity index (χ1v) is 9.87. The summed E-state index contributed by atoms with van der Waals surface area (Å²) < 4.78 is 31.7. The molecule has 35 heavy (non-hydrogen) atoms. The third-order valence-corrected chi connectivity index (χ3v) is 4.19. The van der Waals surface area contributed by atoms with Gasteiger partial charge in [0.15, 0.2) is 5.78 Å². The summed E-state index contributed by atoms with van der Waals surface area (Å²) >= 11 is 0. The SMILES string of the molecule is C[C@H](NC(=O)Cc1ccncc1)C(=O)C[C@H](C)C(=O)N[C@@H](CC(N)=O)C(=O)O.O=C(O)C(F)(F)F. The Kier molecular flexibility index (Phi) is 12.6. The summed E-state index contributed by atoms with van der Waals surface area (Å²) in [5, 5.41) is 20.9. The standard InChI is InChI=1S/C18H24N4O6.C2HF3O2/c1-10(17(26)22-13(18(27)28)9-15(19)24)7-14(23)11(2)21-16(25)8-12-3-5-20-6-4-12;3-2(4,5)1(6)7/h3-6,10-11,13H,7-9H2,1-2H3,(H2,19,24)(H,21,25)(H,22,26)(H,27,28);(H,6,7)/t10-,11-,13-;/m0./s1. The van der Waals surface area contributed by atoms with E-state index in [0.29, 0.717) is 0 Å². The molecule has 0 spiro atoms. The number of nitrogens with one attached hydrogen (secondary N) is 2. The monoisotopic (exact) mass is 506 g/mol. The number of alkyl halides is 3. The summed E-state index contributed by atoms with van der Waals surface area (Å²) in [7, 11) is 0. The van der Waals surface area contributed by atoms with Crippen LogP contribution in [0.15, 0.2) is 24.5 Å². The van der Waals surface area contributed by atoms with Crippen LogP contribution in [0.5, 0.6) is 0 Å². The predicted molar refractivity (Wildman–Crippen MR) is 111 cm³/mol. The number of aliphatic carboxylic acids is 2. The number of amides is 3. The smallest absolute Gasteiger partial charge is 0.480 e. The number of primary amides is 1. The first-order valence-electron chi connectivity index (χ1n) is 9.87. The minimum atomic E-state index is -5.08. The van der Waals surface area contributed by atoms with E-state index in [1.807, 2.05) is 0 Å². The lowest BCUT2D eigenvalue weighted by atomic mass is 9.99. The van der Waals surface area contributed by atoms with Gasteiger partial charge in [-0.1, -0.05) is 6.92 Å². The molecule has 194 valence electrons. The van der Waals surface area contributed by atoms with E-state index in [2.05, 4.69) is 15.6 Å². The number of carboxylic acid groups (broad SMARTS) is 2. The molecule has 3 atom stereocenters. The fourth-order valence-corrected chi connectivity index (χ4v) is 2.35. The second-order valence-electron chi connectivity index (χ2n) is 7.27. The molecule has 0 aliphatic rings. The maximum Gasteiger partial charge on any atom is 0.490 e. The highest BCUT2D eigenvalue weighted by atomic mass is 19.4. The maximum atomic E-state index is 12.2. The highest BCUT2D eigenvalue weighted by molar-refractivity contribution is 5.94. The number of aromatic nitrogens is 1. The van der Waals surface area contributed by atoms with Crippen LogP contribution in [0.3, 0.4) is 0 Å². The van der Waals surface area contributed by atoms with E-state index < -0.39 is 54.4 Å². The Morgan fingerprint density at radius 2 is 1.51 bits per heavy atom. The van der Waals surface area contributed by atoms with Crippen molar-refractivity contribution in [2.45, 2.75) is 51.4 Å². The number of halogens is 3. The number of carboxylic acids is 2. The lowest BCUT2D eigenvalue weighted by molar-refractivity contribution is -0.192. The van der Waals surface area contributed by atoms with Crippen molar-refractivity contribution in [2.24, 2.45) is 11.7 Å². The number of rotatable bonds is 11. The number of ketones is 1. The molecule has 0 aliphatic carbocycles. The van der Waals surface area contributed by atoms with Crippen LogP contribution in [0.2, 0.25) is 0 Å². The minimum absolute atomic E-state index is 0.0869. The van der Waals surface area contributed by atoms with Crippen molar-refractivity contribution in [1.29, 1.82) is 0 Å². The Balaban J connectivity index is 0.00000143. The van der Waals surface area contributed by atoms with Crippen molar-refractivity contribution in [1.82, 2.24) is 15.6 Å². The number of carbonyl (C=O) groups excluding carboxylic acids is 4. The molecule has 1 aromatic rings. The molecular formula is C20H25F3N4O8. The summed E-state index contributed by atoms with van der Waals surface area (Å²) in [4.78, 5) is 71.0. The van der Waals surface area contributed by atoms with Gasteiger partial charge in [0.1, 0.15) is 6.04 Å². The van der Waals surface area contributed by atoms with Gasteiger partial charge in [0.05, 0.1) is 18.9 Å². The highest BCUT2D eigenvalue weighted by Gasteiger charge is 2.38. The fraction of sp³-hybridized carbons (Fsp3) is 0.450. The van der Waals surface area contributed by atoms with Gasteiger partial charge in [-0.25, -0.2) is 9.59 Å². The van der Waals surface area contributed by atoms with Crippen molar-refractivity contribution in [3.8, 4) is 0 Å². The van der Waals surface area contributed by atoms with E-state index in [0.717, 1.165) is 5.56 Å². The zero-order valence-corrected chi connectivity index (χ0v) is 18.7. The van der Waals surface area contributed by atoms with Gasteiger partial charge >= 0.3 is 18.1 Å². The van der Waals surface area contributed by atoms with Gasteiger partial charge in [0, 0.05) is 24.7 Å². The molecule has 3 amide bonds. The van der Waals surface area contributed by atoms with Gasteiger partial charge in [-0.3, -0.25) is 24.2 Å². The number of pyridine rings is 1. The van der Waals surface area contributed by atoms with Gasteiger partial charge in [-0.15, -0.1) is 0 Å². The van der Waals surface area contributed by atoms with E-state index in [1.165, 1.54) is 13.8 Å². The van der Waals surface area contributed by atoms with Crippen molar-refractivity contribution in [3.05, 3.63) is 30.1 Å². The Morgan fingerprint density at radius 3 is 1.94 bits per heavy atom. The predicted octanol–water partition coefficient (Wildman–Crippen LogP) is -0.198. The third kappa shape index (κ3) is 13.3. The molecule has 1 rings (SSSR count). The van der Waals surface area contributed by atoms with Gasteiger partial charge in [0.25, 0.3) is 0 Å². The number of carbonyl (C=O) groups is 6. The number of hydrogen-bond donors (Lipinski definition) is 5. The molecule has 0 unspecified atom stereocenters. The summed E-state index contributed by atoms with van der Waals surface area (Å²) in [6.07, 6.45) is -2.64. The van der Waals surface area contributed by atoms with Crippen molar-refractivity contribution in [2.75, 3.05) is 0 Å². The number of nitrogens with zero attached hydrogens (tertiary/aromatic N) is 1. The second-order valence-corrected chi connectivity index (χ2v) is 7.27. The molecule has 1 aromatic heterocycles. The van der Waals surface area contributed by atoms with Crippen molar-refractivity contribution >= 4 is 35.4 Å². The van der Waals surface area contributed by atoms with Gasteiger partial charge in [0.2, 0.25) is 17.7 Å². The Hall–Kier alpha value is -4.04. The molecular weight excluding hydrogens is 481 g/mol. The van der Waals surface area contributed by atoms with Crippen molar-refractivity contribution in [3.63, 3.8) is 0 Å². The van der Waals surface area contributed by atoms with E-state index in [9.17, 15) is 37.1 Å². The Bertz CT molecular complexity index is 925. The first-order chi connectivity index (χ1) is 16.0. The highest BCUT2D eigenvalue weighted by Crippen LogP contribution is 2.13. The van der Waals surface area contributed by atoms with Gasteiger partial charge in [-0.2, -0.15) is 13.2 Å². The van der Waals surface area contributed by atoms with Crippen LogP contribution in [-0.2, 0) is 35.2 Å². The molecule has 0 aromatic carbocycles. The molecule has 0 fully saturated rings. The largest absolute Gasteiger partial charge is 0.490 e. The van der Waals surface area contributed by atoms with Crippen molar-refractivity contribution < 1.29 is 52.2 Å². The molecule has 0 saturated heterocycles. The van der Waals surface area contributed by atoms with Crippen LogP contribution in [0.1, 0.15) is 32.3 Å². The van der Waals surface area contributed by atoms with E-state index in [4.69, 9.17) is 20.7 Å². The van der Waals surface area contributed by atoms with E-state index in [1.54, 1.807) is 24.5 Å². The average Bonchev–Trinajstić information content (AvgIpc) is 2.72. The van der Waals surface area contributed by atoms with Crippen LogP contribution >= 0.6 is 0 Å². The summed E-state index contributed by atoms with van der Waals surface area (Å²) in [6.45, 7) is 2.95. The number of nitrogens with two attached hydrogens (primary N) is 1. The van der Waals surface area contributed by atoms with Crippen LogP contribution < -0.4 is 16.4 Å². The second kappa shape index (κ2) is 14.3. The quantitative estimate of drug-likeness (QED) is 0.269. The normalized spacial score (nSPS) is 13.2. The zero-order valence-electron chi connectivity index (χ0n) is 18.7. The molecule has 0 aliphatic heterocycles. The molecule has 0 bridgehead atoms. The molecule has 12 nitrogen and oxygen atoms in total. The summed E-state index contributed by atoms with van der Waals surface area (Å²) in [5.41, 5.74) is 5.70. The Morgan fingerprint density at radius 1 is 1.00 bits per heavy atom. The molecule has 6 N–H and O–H groups in total. The van der Waals surface area contributed by atoms with Crippen LogP contribution in [0.25, 0.3) is 0 Å². The first kappa shape index (κ1) is 31.0. The van der Waals surface area contributed by atoms with Crippen LogP contribution in [-0.4, -0.2) is 68.9 Å². The average molecular weight is 506 g/mol. The van der Waals surface area contributed by atoms with Crippen LogP contribution in [0, 0.1) is 5.92 Å². The third-order valence-electron chi connectivity index (χ3n) is 4.19. The van der Waals surface area contributed by atoms with Gasteiger partial charge in [-0.05, 0) is 24.6 Å². The van der Waals surface area contributed by atoms with Crippen LogP contribution in [0.4, 0.5) is 13.2 Å². The summed E-state index contributed by atoms with van der Waals surface area (Å²) in [6, 6.07) is 1.10. The number of hydrogen-bond acceptors (Lipinski definition) is 7. The lowest BCUT2D eigenvalue weighted by Gasteiger charge is -2.18. The summed E-state index contributed by atoms with van der Waals surface area (Å²) in [5.74, 6) is -7.31. The topological polar surface area (TPSA) is 206 Å². The molecule has 1 heterocycles. The minimum Gasteiger partial charge on any atom is -0.480 e. The molecule has 0 saturated carbocycles. The van der Waals surface area contributed by atoms with Gasteiger partial charge < -0.3 is 26.6 Å². The maximum absolute atomic E-state index is 12.2.